The number of rotatable bonds is 4. The van der Waals surface area contributed by atoms with Crippen LogP contribution in [0.2, 0.25) is 0 Å². The Kier molecular flexibility index (Phi) is 3.39. The van der Waals surface area contributed by atoms with Crippen molar-refractivity contribution in [2.24, 2.45) is 5.73 Å². The molecule has 2 rings (SSSR count). The molecule has 90 valence electrons. The third kappa shape index (κ3) is 2.62. The van der Waals surface area contributed by atoms with Gasteiger partial charge in [0.05, 0.1) is 25.7 Å². The van der Waals surface area contributed by atoms with E-state index in [1.807, 2.05) is 6.20 Å². The van der Waals surface area contributed by atoms with Crippen molar-refractivity contribution in [3.05, 3.63) is 47.8 Å². The van der Waals surface area contributed by atoms with E-state index < -0.39 is 0 Å². The Morgan fingerprint density at radius 2 is 2.29 bits per heavy atom. The van der Waals surface area contributed by atoms with Crippen molar-refractivity contribution < 1.29 is 9.13 Å². The summed E-state index contributed by atoms with van der Waals surface area (Å²) >= 11 is 0. The number of imidazole rings is 1. The van der Waals surface area contributed by atoms with Gasteiger partial charge in [0.1, 0.15) is 11.6 Å². The van der Waals surface area contributed by atoms with E-state index >= 15 is 0 Å². The number of aromatic nitrogens is 2. The Labute approximate surface area is 98.8 Å². The molecule has 0 fully saturated rings. The van der Waals surface area contributed by atoms with Crippen molar-refractivity contribution in [3.8, 4) is 5.75 Å². The Hall–Kier alpha value is -1.88. The van der Waals surface area contributed by atoms with E-state index in [1.54, 1.807) is 23.0 Å². The molecule has 5 heteroatoms. The Morgan fingerprint density at radius 3 is 2.88 bits per heavy atom. The third-order valence-electron chi connectivity index (χ3n) is 2.51. The van der Waals surface area contributed by atoms with Gasteiger partial charge in [0.2, 0.25) is 0 Å². The summed E-state index contributed by atoms with van der Waals surface area (Å²) in [5, 5.41) is 0. The van der Waals surface area contributed by atoms with Gasteiger partial charge in [-0.15, -0.1) is 0 Å². The second kappa shape index (κ2) is 4.97. The summed E-state index contributed by atoms with van der Waals surface area (Å²) in [6, 6.07) is 4.81. The fourth-order valence-corrected chi connectivity index (χ4v) is 1.58. The minimum absolute atomic E-state index is 0.285. The minimum Gasteiger partial charge on any atom is -0.497 e. The van der Waals surface area contributed by atoms with Gasteiger partial charge in [-0.1, -0.05) is 6.07 Å². The van der Waals surface area contributed by atoms with Gasteiger partial charge < -0.3 is 15.0 Å². The summed E-state index contributed by atoms with van der Waals surface area (Å²) in [5.41, 5.74) is 6.84. The van der Waals surface area contributed by atoms with Gasteiger partial charge >= 0.3 is 0 Å². The van der Waals surface area contributed by atoms with Crippen LogP contribution in [0.4, 0.5) is 4.39 Å². The first-order valence-electron chi connectivity index (χ1n) is 5.26. The zero-order valence-corrected chi connectivity index (χ0v) is 9.56. The number of methoxy groups -OCH3 is 1. The zero-order chi connectivity index (χ0) is 12.3. The summed E-state index contributed by atoms with van der Waals surface area (Å²) in [7, 11) is 1.51. The lowest BCUT2D eigenvalue weighted by Crippen LogP contribution is -2.00. The van der Waals surface area contributed by atoms with Crippen molar-refractivity contribution in [1.29, 1.82) is 0 Å². The van der Waals surface area contributed by atoms with Gasteiger partial charge in [0, 0.05) is 24.4 Å². The highest BCUT2D eigenvalue weighted by molar-refractivity contribution is 5.29. The van der Waals surface area contributed by atoms with Crippen LogP contribution in [0.5, 0.6) is 5.75 Å². The average molecular weight is 235 g/mol. The molecule has 2 aromatic rings. The summed E-state index contributed by atoms with van der Waals surface area (Å²) in [6.45, 7) is 0.820. The Morgan fingerprint density at radius 1 is 1.47 bits per heavy atom. The molecule has 0 aliphatic heterocycles. The molecule has 17 heavy (non-hydrogen) atoms. The van der Waals surface area contributed by atoms with Crippen LogP contribution < -0.4 is 10.5 Å². The van der Waals surface area contributed by atoms with Gasteiger partial charge in [0.15, 0.2) is 0 Å². The molecule has 0 spiro atoms. The van der Waals surface area contributed by atoms with Crippen LogP contribution in [0.3, 0.4) is 0 Å². The van der Waals surface area contributed by atoms with Crippen LogP contribution in [0.15, 0.2) is 30.7 Å². The van der Waals surface area contributed by atoms with Crippen LogP contribution in [-0.4, -0.2) is 16.7 Å². The van der Waals surface area contributed by atoms with Crippen LogP contribution >= 0.6 is 0 Å². The maximum Gasteiger partial charge on any atom is 0.131 e. The van der Waals surface area contributed by atoms with E-state index in [0.717, 1.165) is 5.69 Å². The van der Waals surface area contributed by atoms with Crippen molar-refractivity contribution in [2.45, 2.75) is 13.1 Å². The molecule has 0 unspecified atom stereocenters. The molecule has 0 saturated heterocycles. The largest absolute Gasteiger partial charge is 0.497 e. The van der Waals surface area contributed by atoms with Gasteiger partial charge in [-0.05, 0) is 6.07 Å². The normalized spacial score (nSPS) is 10.5. The topological polar surface area (TPSA) is 53.1 Å². The number of hydrogen-bond acceptors (Lipinski definition) is 3. The molecular weight excluding hydrogens is 221 g/mol. The monoisotopic (exact) mass is 235 g/mol. The molecule has 0 radical (unpaired) electrons. The number of nitrogens with two attached hydrogens (primary N) is 1. The van der Waals surface area contributed by atoms with E-state index in [-0.39, 0.29) is 5.82 Å². The molecule has 2 N–H and O–H groups in total. The lowest BCUT2D eigenvalue weighted by atomic mass is 10.2. The quantitative estimate of drug-likeness (QED) is 0.874. The lowest BCUT2D eigenvalue weighted by molar-refractivity contribution is 0.410. The molecule has 4 nitrogen and oxygen atoms in total. The Balaban J connectivity index is 2.18. The van der Waals surface area contributed by atoms with E-state index in [0.29, 0.717) is 24.4 Å². The first-order valence-corrected chi connectivity index (χ1v) is 5.26. The molecule has 0 amide bonds. The number of ether oxygens (including phenoxy) is 1. The molecule has 0 bridgehead atoms. The summed E-state index contributed by atoms with van der Waals surface area (Å²) in [5.74, 6) is 0.229. The first kappa shape index (κ1) is 11.6. The van der Waals surface area contributed by atoms with Crippen LogP contribution in [-0.2, 0) is 13.1 Å². The summed E-state index contributed by atoms with van der Waals surface area (Å²) < 4.78 is 20.4. The van der Waals surface area contributed by atoms with Crippen molar-refractivity contribution >= 4 is 0 Å². The molecule has 1 heterocycles. The van der Waals surface area contributed by atoms with Crippen LogP contribution in [0.25, 0.3) is 0 Å². The highest BCUT2D eigenvalue weighted by Crippen LogP contribution is 2.17. The lowest BCUT2D eigenvalue weighted by Gasteiger charge is -2.06. The number of nitrogens with zero attached hydrogens (tertiary/aromatic N) is 2. The van der Waals surface area contributed by atoms with Gasteiger partial charge in [0.25, 0.3) is 0 Å². The standard InChI is InChI=1S/C12H14FN3O/c1-17-11-3-2-9(12(13)4-11)6-16-7-10(5-14)15-8-16/h2-4,7-8H,5-6,14H2,1H3. The smallest absolute Gasteiger partial charge is 0.131 e. The fourth-order valence-electron chi connectivity index (χ4n) is 1.58. The number of halogens is 1. The van der Waals surface area contributed by atoms with Crippen molar-refractivity contribution in [3.63, 3.8) is 0 Å². The highest BCUT2D eigenvalue weighted by atomic mass is 19.1. The van der Waals surface area contributed by atoms with Gasteiger partial charge in [-0.3, -0.25) is 0 Å². The van der Waals surface area contributed by atoms with E-state index in [4.69, 9.17) is 10.5 Å². The molecule has 0 saturated carbocycles. The second-order valence-electron chi connectivity index (χ2n) is 3.70. The molecule has 0 aliphatic carbocycles. The SMILES string of the molecule is COc1ccc(Cn2cnc(CN)c2)c(F)c1. The summed E-state index contributed by atoms with van der Waals surface area (Å²) in [6.07, 6.45) is 3.45. The predicted octanol–water partition coefficient (Wildman–Crippen LogP) is 1.54. The first-order chi connectivity index (χ1) is 8.22. The number of benzene rings is 1. The van der Waals surface area contributed by atoms with E-state index in [2.05, 4.69) is 4.98 Å². The second-order valence-corrected chi connectivity index (χ2v) is 3.70. The van der Waals surface area contributed by atoms with Gasteiger partial charge in [-0.2, -0.15) is 0 Å². The van der Waals surface area contributed by atoms with E-state index in [1.165, 1.54) is 13.2 Å². The molecule has 1 aromatic carbocycles. The molecular formula is C12H14FN3O. The number of hydrogen-bond donors (Lipinski definition) is 1. The van der Waals surface area contributed by atoms with Crippen molar-refractivity contribution in [1.82, 2.24) is 9.55 Å². The third-order valence-corrected chi connectivity index (χ3v) is 2.51. The van der Waals surface area contributed by atoms with Crippen LogP contribution in [0, 0.1) is 5.82 Å². The molecule has 0 aliphatic rings. The maximum atomic E-state index is 13.7. The Bertz CT molecular complexity index is 510. The maximum absolute atomic E-state index is 13.7. The average Bonchev–Trinajstić information content (AvgIpc) is 2.79. The van der Waals surface area contributed by atoms with Crippen molar-refractivity contribution in [2.75, 3.05) is 7.11 Å². The fraction of sp³-hybridized carbons (Fsp3) is 0.250. The highest BCUT2D eigenvalue weighted by Gasteiger charge is 2.05. The zero-order valence-electron chi connectivity index (χ0n) is 9.56. The molecule has 0 atom stereocenters. The van der Waals surface area contributed by atoms with Crippen LogP contribution in [0.1, 0.15) is 11.3 Å². The summed E-state index contributed by atoms with van der Waals surface area (Å²) in [4.78, 5) is 4.09. The van der Waals surface area contributed by atoms with Gasteiger partial charge in [-0.25, -0.2) is 9.37 Å². The van der Waals surface area contributed by atoms with E-state index in [9.17, 15) is 4.39 Å². The predicted molar refractivity (Wildman–Crippen MR) is 62.2 cm³/mol. The minimum atomic E-state index is -0.285. The molecule has 1 aromatic heterocycles.